The SMILES string of the molecule is CCOc1cc(C2C(=C(O)c3cc(C)ccc3C)C(=O)C(=O)N2CCOC)ccc1O. The number of phenolic OH excluding ortho intramolecular Hbond substituents is 1. The van der Waals surface area contributed by atoms with Crippen LogP contribution < -0.4 is 4.74 Å². The highest BCUT2D eigenvalue weighted by molar-refractivity contribution is 6.46. The number of methoxy groups -OCH3 is 1. The summed E-state index contributed by atoms with van der Waals surface area (Å²) in [5.41, 5.74) is 2.75. The van der Waals surface area contributed by atoms with Crippen LogP contribution in [0, 0.1) is 13.8 Å². The Morgan fingerprint density at radius 2 is 1.87 bits per heavy atom. The van der Waals surface area contributed by atoms with Gasteiger partial charge >= 0.3 is 0 Å². The molecular formula is C24H27NO6. The van der Waals surface area contributed by atoms with Crippen molar-refractivity contribution < 1.29 is 29.3 Å². The number of aromatic hydroxyl groups is 1. The molecule has 2 N–H and O–H groups in total. The van der Waals surface area contributed by atoms with Gasteiger partial charge in [-0.1, -0.05) is 23.8 Å². The van der Waals surface area contributed by atoms with Gasteiger partial charge in [0.2, 0.25) is 0 Å². The van der Waals surface area contributed by atoms with Crippen LogP contribution in [0.25, 0.3) is 5.76 Å². The van der Waals surface area contributed by atoms with Crippen molar-refractivity contribution in [1.82, 2.24) is 4.90 Å². The number of rotatable bonds is 7. The van der Waals surface area contributed by atoms with Gasteiger partial charge in [-0.3, -0.25) is 9.59 Å². The van der Waals surface area contributed by atoms with Crippen LogP contribution in [-0.4, -0.2) is 53.7 Å². The summed E-state index contributed by atoms with van der Waals surface area (Å²) in [5, 5.41) is 21.3. The van der Waals surface area contributed by atoms with Gasteiger partial charge in [-0.15, -0.1) is 0 Å². The van der Waals surface area contributed by atoms with Crippen molar-refractivity contribution >= 4 is 17.4 Å². The monoisotopic (exact) mass is 425 g/mol. The maximum atomic E-state index is 13.0. The number of ether oxygens (including phenoxy) is 2. The van der Waals surface area contributed by atoms with E-state index in [-0.39, 0.29) is 36.0 Å². The van der Waals surface area contributed by atoms with Crippen molar-refractivity contribution in [2.75, 3.05) is 26.9 Å². The minimum Gasteiger partial charge on any atom is -0.507 e. The Kier molecular flexibility index (Phi) is 6.65. The van der Waals surface area contributed by atoms with Crippen molar-refractivity contribution in [3.8, 4) is 11.5 Å². The molecular weight excluding hydrogens is 398 g/mol. The number of phenols is 1. The molecule has 1 unspecified atom stereocenters. The molecule has 0 spiro atoms. The molecule has 3 rings (SSSR count). The Balaban J connectivity index is 2.23. The molecule has 1 aliphatic heterocycles. The Labute approximate surface area is 181 Å². The number of ketones is 1. The molecule has 1 fully saturated rings. The first-order valence-corrected chi connectivity index (χ1v) is 10.1. The summed E-state index contributed by atoms with van der Waals surface area (Å²) >= 11 is 0. The third kappa shape index (κ3) is 4.27. The van der Waals surface area contributed by atoms with Gasteiger partial charge in [-0.25, -0.2) is 0 Å². The van der Waals surface area contributed by atoms with E-state index in [1.165, 1.54) is 18.1 Å². The number of benzene rings is 2. The normalized spacial score (nSPS) is 17.9. The predicted octanol–water partition coefficient (Wildman–Crippen LogP) is 3.48. The molecule has 7 heteroatoms. The van der Waals surface area contributed by atoms with E-state index in [1.807, 2.05) is 26.0 Å². The van der Waals surface area contributed by atoms with Gasteiger partial charge in [0, 0.05) is 19.2 Å². The molecule has 31 heavy (non-hydrogen) atoms. The molecule has 2 aromatic carbocycles. The number of aliphatic hydroxyl groups is 1. The van der Waals surface area contributed by atoms with Gasteiger partial charge in [0.25, 0.3) is 11.7 Å². The Morgan fingerprint density at radius 1 is 1.13 bits per heavy atom. The van der Waals surface area contributed by atoms with E-state index in [0.717, 1.165) is 11.1 Å². The first kappa shape index (κ1) is 22.4. The highest BCUT2D eigenvalue weighted by atomic mass is 16.5. The zero-order valence-electron chi connectivity index (χ0n) is 18.1. The van der Waals surface area contributed by atoms with Gasteiger partial charge in [0.05, 0.1) is 24.8 Å². The van der Waals surface area contributed by atoms with Crippen LogP contribution in [0.4, 0.5) is 0 Å². The number of aryl methyl sites for hydroxylation is 2. The van der Waals surface area contributed by atoms with Crippen LogP contribution in [0.1, 0.15) is 35.2 Å². The van der Waals surface area contributed by atoms with E-state index in [2.05, 4.69) is 0 Å². The van der Waals surface area contributed by atoms with Gasteiger partial charge < -0.3 is 24.6 Å². The highest BCUT2D eigenvalue weighted by Gasteiger charge is 2.46. The Hall–Kier alpha value is -3.32. The summed E-state index contributed by atoms with van der Waals surface area (Å²) in [6, 6.07) is 9.37. The minimum absolute atomic E-state index is 0.00272. The van der Waals surface area contributed by atoms with E-state index in [1.54, 1.807) is 25.1 Å². The number of carbonyl (C=O) groups is 2. The molecule has 7 nitrogen and oxygen atoms in total. The second-order valence-corrected chi connectivity index (χ2v) is 7.46. The molecule has 2 aromatic rings. The van der Waals surface area contributed by atoms with Crippen molar-refractivity contribution in [3.05, 3.63) is 64.2 Å². The second kappa shape index (κ2) is 9.22. The summed E-state index contributed by atoms with van der Waals surface area (Å²) < 4.78 is 10.6. The maximum Gasteiger partial charge on any atom is 0.295 e. The Morgan fingerprint density at radius 3 is 2.55 bits per heavy atom. The molecule has 0 aliphatic carbocycles. The second-order valence-electron chi connectivity index (χ2n) is 7.46. The van der Waals surface area contributed by atoms with Crippen molar-refractivity contribution in [3.63, 3.8) is 0 Å². The average molecular weight is 425 g/mol. The van der Waals surface area contributed by atoms with E-state index < -0.39 is 17.7 Å². The molecule has 0 bridgehead atoms. The van der Waals surface area contributed by atoms with E-state index in [0.29, 0.717) is 17.7 Å². The smallest absolute Gasteiger partial charge is 0.295 e. The van der Waals surface area contributed by atoms with Crippen LogP contribution in [-0.2, 0) is 14.3 Å². The summed E-state index contributed by atoms with van der Waals surface area (Å²) in [5.74, 6) is -1.50. The lowest BCUT2D eigenvalue weighted by Gasteiger charge is -2.25. The number of hydrogen-bond donors (Lipinski definition) is 2. The van der Waals surface area contributed by atoms with Crippen molar-refractivity contribution in [1.29, 1.82) is 0 Å². The molecule has 1 atom stereocenters. The molecule has 164 valence electrons. The van der Waals surface area contributed by atoms with Crippen LogP contribution in [0.5, 0.6) is 11.5 Å². The molecule has 0 radical (unpaired) electrons. The van der Waals surface area contributed by atoms with E-state index in [4.69, 9.17) is 9.47 Å². The third-order valence-corrected chi connectivity index (χ3v) is 5.32. The first-order chi connectivity index (χ1) is 14.8. The van der Waals surface area contributed by atoms with Gasteiger partial charge in [0.15, 0.2) is 11.5 Å². The molecule has 0 aromatic heterocycles. The molecule has 1 heterocycles. The van der Waals surface area contributed by atoms with Crippen LogP contribution in [0.2, 0.25) is 0 Å². The quantitative estimate of drug-likeness (QED) is 0.401. The number of hydrogen-bond acceptors (Lipinski definition) is 6. The number of likely N-dealkylation sites (tertiary alicyclic amines) is 1. The molecule has 0 saturated carbocycles. The average Bonchev–Trinajstić information content (AvgIpc) is 3.00. The number of Topliss-reactive ketones (excluding diaryl/α,β-unsaturated/α-hetero) is 1. The zero-order valence-corrected chi connectivity index (χ0v) is 18.1. The molecule has 1 saturated heterocycles. The van der Waals surface area contributed by atoms with Gasteiger partial charge in [-0.2, -0.15) is 0 Å². The number of nitrogens with zero attached hydrogens (tertiary/aromatic N) is 1. The maximum absolute atomic E-state index is 13.0. The summed E-state index contributed by atoms with van der Waals surface area (Å²) in [4.78, 5) is 27.3. The van der Waals surface area contributed by atoms with Crippen LogP contribution in [0.3, 0.4) is 0 Å². The standard InChI is InChI=1S/C24H27NO6/c1-5-31-19-13-16(8-9-18(19)26)21-20(23(28)24(29)25(21)10-11-30-4)22(27)17-12-14(2)6-7-15(17)3/h6-9,12-13,21,26-27H,5,10-11H2,1-4H3. The van der Waals surface area contributed by atoms with Crippen molar-refractivity contribution in [2.24, 2.45) is 0 Å². The predicted molar refractivity (Wildman–Crippen MR) is 116 cm³/mol. The summed E-state index contributed by atoms with van der Waals surface area (Å²) in [6.07, 6.45) is 0. The zero-order chi connectivity index (χ0) is 22.7. The van der Waals surface area contributed by atoms with Crippen LogP contribution >= 0.6 is 0 Å². The number of amides is 1. The lowest BCUT2D eigenvalue weighted by Crippen LogP contribution is -2.32. The third-order valence-electron chi connectivity index (χ3n) is 5.32. The fourth-order valence-corrected chi connectivity index (χ4v) is 3.75. The first-order valence-electron chi connectivity index (χ1n) is 10.1. The summed E-state index contributed by atoms with van der Waals surface area (Å²) in [7, 11) is 1.51. The summed E-state index contributed by atoms with van der Waals surface area (Å²) in [6.45, 7) is 6.24. The van der Waals surface area contributed by atoms with E-state index >= 15 is 0 Å². The van der Waals surface area contributed by atoms with E-state index in [9.17, 15) is 19.8 Å². The molecule has 1 aliphatic rings. The number of aliphatic hydroxyl groups excluding tert-OH is 1. The van der Waals surface area contributed by atoms with Crippen molar-refractivity contribution in [2.45, 2.75) is 26.8 Å². The largest absolute Gasteiger partial charge is 0.507 e. The fraction of sp³-hybridized carbons (Fsp3) is 0.333. The lowest BCUT2D eigenvalue weighted by molar-refractivity contribution is -0.140. The van der Waals surface area contributed by atoms with Gasteiger partial charge in [0.1, 0.15) is 5.76 Å². The lowest BCUT2D eigenvalue weighted by atomic mass is 9.93. The van der Waals surface area contributed by atoms with Gasteiger partial charge in [-0.05, 0) is 50.1 Å². The minimum atomic E-state index is -0.838. The fourth-order valence-electron chi connectivity index (χ4n) is 3.75. The van der Waals surface area contributed by atoms with Crippen LogP contribution in [0.15, 0.2) is 42.0 Å². The molecule has 1 amide bonds. The Bertz CT molecular complexity index is 1040. The highest BCUT2D eigenvalue weighted by Crippen LogP contribution is 2.42. The topological polar surface area (TPSA) is 96.3 Å². The number of carbonyl (C=O) groups excluding carboxylic acids is 2.